The van der Waals surface area contributed by atoms with Gasteiger partial charge < -0.3 is 9.67 Å². The van der Waals surface area contributed by atoms with E-state index < -0.39 is 11.5 Å². The highest BCUT2D eigenvalue weighted by Gasteiger charge is 2.46. The predicted molar refractivity (Wildman–Crippen MR) is 77.5 cm³/mol. The van der Waals surface area contributed by atoms with Crippen molar-refractivity contribution in [1.82, 2.24) is 14.5 Å². The van der Waals surface area contributed by atoms with E-state index in [0.29, 0.717) is 12.6 Å². The van der Waals surface area contributed by atoms with Crippen LogP contribution >= 0.6 is 0 Å². The number of likely N-dealkylation sites (tertiary alicyclic amines) is 1. The van der Waals surface area contributed by atoms with Crippen LogP contribution in [0.3, 0.4) is 0 Å². The summed E-state index contributed by atoms with van der Waals surface area (Å²) >= 11 is 0. The highest BCUT2D eigenvalue weighted by molar-refractivity contribution is 5.79. The van der Waals surface area contributed by atoms with Gasteiger partial charge in [0.05, 0.1) is 12.0 Å². The van der Waals surface area contributed by atoms with E-state index in [1.54, 1.807) is 0 Å². The molecule has 0 saturated carbocycles. The summed E-state index contributed by atoms with van der Waals surface area (Å²) in [6.45, 7) is 7.82. The zero-order valence-electron chi connectivity index (χ0n) is 12.7. The van der Waals surface area contributed by atoms with Gasteiger partial charge in [-0.3, -0.25) is 9.69 Å². The van der Waals surface area contributed by atoms with Crippen LogP contribution in [0.1, 0.15) is 58.2 Å². The van der Waals surface area contributed by atoms with E-state index >= 15 is 0 Å². The van der Waals surface area contributed by atoms with Crippen molar-refractivity contribution in [2.24, 2.45) is 0 Å². The topological polar surface area (TPSA) is 58.4 Å². The molecule has 5 heteroatoms. The number of hydrogen-bond acceptors (Lipinski definition) is 3. The van der Waals surface area contributed by atoms with Crippen LogP contribution in [0.15, 0.2) is 12.5 Å². The monoisotopic (exact) mass is 279 g/mol. The number of aliphatic carboxylic acids is 1. The molecule has 1 unspecified atom stereocenters. The van der Waals surface area contributed by atoms with Gasteiger partial charge in [-0.1, -0.05) is 13.3 Å². The zero-order valence-corrected chi connectivity index (χ0v) is 12.7. The maximum Gasteiger partial charge on any atom is 0.324 e. The third kappa shape index (κ3) is 2.59. The second kappa shape index (κ2) is 5.95. The number of carboxylic acids is 1. The maximum absolute atomic E-state index is 11.8. The van der Waals surface area contributed by atoms with Crippen LogP contribution < -0.4 is 0 Å². The van der Waals surface area contributed by atoms with Gasteiger partial charge in [0.1, 0.15) is 5.54 Å². The number of aromatic nitrogens is 2. The predicted octanol–water partition coefficient (Wildman–Crippen LogP) is 2.68. The lowest BCUT2D eigenvalue weighted by molar-refractivity contribution is -0.150. The lowest BCUT2D eigenvalue weighted by Crippen LogP contribution is -2.50. The fourth-order valence-electron chi connectivity index (χ4n) is 3.33. The van der Waals surface area contributed by atoms with Crippen LogP contribution in [-0.4, -0.2) is 37.6 Å². The Morgan fingerprint density at radius 2 is 2.30 bits per heavy atom. The molecule has 1 aromatic rings. The molecule has 2 rings (SSSR count). The molecule has 20 heavy (non-hydrogen) atoms. The molecular weight excluding hydrogens is 254 g/mol. The van der Waals surface area contributed by atoms with Gasteiger partial charge in [-0.05, 0) is 39.7 Å². The Kier molecular flexibility index (Phi) is 4.48. The Labute approximate surface area is 120 Å². The fraction of sp³-hybridized carbons (Fsp3) is 0.733. The average Bonchev–Trinajstić information content (AvgIpc) is 2.98. The van der Waals surface area contributed by atoms with Gasteiger partial charge in [-0.2, -0.15) is 0 Å². The van der Waals surface area contributed by atoms with E-state index in [2.05, 4.69) is 35.2 Å². The van der Waals surface area contributed by atoms with Crippen LogP contribution in [0.4, 0.5) is 0 Å². The van der Waals surface area contributed by atoms with Crippen LogP contribution in [0, 0.1) is 0 Å². The smallest absolute Gasteiger partial charge is 0.324 e. The summed E-state index contributed by atoms with van der Waals surface area (Å²) in [4.78, 5) is 18.2. The third-order valence-electron chi connectivity index (χ3n) is 4.34. The molecule has 5 nitrogen and oxygen atoms in total. The second-order valence-electron chi connectivity index (χ2n) is 6.00. The average molecular weight is 279 g/mol. The number of carbonyl (C=O) groups is 1. The summed E-state index contributed by atoms with van der Waals surface area (Å²) in [7, 11) is 0. The Morgan fingerprint density at radius 1 is 1.55 bits per heavy atom. The first kappa shape index (κ1) is 15.0. The van der Waals surface area contributed by atoms with Gasteiger partial charge in [0.25, 0.3) is 0 Å². The van der Waals surface area contributed by atoms with Crippen molar-refractivity contribution in [1.29, 1.82) is 0 Å². The molecule has 0 spiro atoms. The molecule has 112 valence electrons. The lowest BCUT2D eigenvalue weighted by atomic mass is 9.90. The molecule has 1 aliphatic heterocycles. The molecule has 1 aromatic heterocycles. The minimum atomic E-state index is -0.680. The van der Waals surface area contributed by atoms with Gasteiger partial charge >= 0.3 is 5.97 Å². The number of carboxylic acid groups (broad SMARTS) is 1. The molecule has 0 aromatic carbocycles. The molecule has 1 N–H and O–H groups in total. The molecule has 1 atom stereocenters. The molecule has 1 fully saturated rings. The Hall–Kier alpha value is -1.36. The van der Waals surface area contributed by atoms with Gasteiger partial charge in [0, 0.05) is 18.8 Å². The normalized spacial score (nSPS) is 23.6. The van der Waals surface area contributed by atoms with Crippen molar-refractivity contribution >= 4 is 5.97 Å². The van der Waals surface area contributed by atoms with Crippen molar-refractivity contribution in [2.45, 2.75) is 64.6 Å². The molecule has 1 aliphatic rings. The quantitative estimate of drug-likeness (QED) is 0.869. The Bertz CT molecular complexity index is 469. The third-order valence-corrected chi connectivity index (χ3v) is 4.34. The van der Waals surface area contributed by atoms with Crippen molar-refractivity contribution in [2.75, 3.05) is 6.54 Å². The summed E-state index contributed by atoms with van der Waals surface area (Å²) in [6.07, 6.45) is 7.02. The van der Waals surface area contributed by atoms with Crippen molar-refractivity contribution < 1.29 is 9.90 Å². The maximum atomic E-state index is 11.8. The van der Waals surface area contributed by atoms with Crippen LogP contribution in [-0.2, 0) is 11.3 Å². The Balaban J connectivity index is 2.22. The largest absolute Gasteiger partial charge is 0.480 e. The zero-order chi connectivity index (χ0) is 14.8. The first-order valence-electron chi connectivity index (χ1n) is 7.50. The fourth-order valence-corrected chi connectivity index (χ4v) is 3.33. The van der Waals surface area contributed by atoms with E-state index in [1.165, 1.54) is 0 Å². The van der Waals surface area contributed by atoms with Crippen molar-refractivity contribution in [3.8, 4) is 0 Å². The molecule has 0 aliphatic carbocycles. The molecular formula is C15H25N3O2. The molecule has 0 bridgehead atoms. The minimum Gasteiger partial charge on any atom is -0.480 e. The van der Waals surface area contributed by atoms with Crippen LogP contribution in [0.25, 0.3) is 0 Å². The highest BCUT2D eigenvalue weighted by Crippen LogP contribution is 2.35. The number of hydrogen-bond donors (Lipinski definition) is 1. The molecule has 1 saturated heterocycles. The number of imidazole rings is 1. The highest BCUT2D eigenvalue weighted by atomic mass is 16.4. The first-order chi connectivity index (χ1) is 9.51. The number of rotatable bonds is 6. The van der Waals surface area contributed by atoms with E-state index in [0.717, 1.165) is 37.9 Å². The van der Waals surface area contributed by atoms with Crippen molar-refractivity contribution in [3.63, 3.8) is 0 Å². The molecule has 2 heterocycles. The molecule has 0 amide bonds. The van der Waals surface area contributed by atoms with Gasteiger partial charge in [0.15, 0.2) is 0 Å². The summed E-state index contributed by atoms with van der Waals surface area (Å²) in [5.74, 6) is -0.674. The van der Waals surface area contributed by atoms with E-state index in [9.17, 15) is 9.90 Å². The lowest BCUT2D eigenvalue weighted by Gasteiger charge is -2.34. The van der Waals surface area contributed by atoms with Crippen LogP contribution in [0.2, 0.25) is 0 Å². The van der Waals surface area contributed by atoms with Gasteiger partial charge in [-0.15, -0.1) is 0 Å². The van der Waals surface area contributed by atoms with E-state index in [-0.39, 0.29) is 0 Å². The summed E-state index contributed by atoms with van der Waals surface area (Å²) in [5, 5.41) is 9.71. The standard InChI is InChI=1S/C15H25N3O2/c1-4-6-15(14(19)20)7-5-8-17(15)10-13-9-16-11-18(13)12(2)3/h9,11-12H,4-8,10H2,1-3H3,(H,19,20). The summed E-state index contributed by atoms with van der Waals surface area (Å²) in [6, 6.07) is 0.348. The first-order valence-corrected chi connectivity index (χ1v) is 7.50. The minimum absolute atomic E-state index is 0.348. The van der Waals surface area contributed by atoms with E-state index in [1.807, 2.05) is 12.5 Å². The van der Waals surface area contributed by atoms with E-state index in [4.69, 9.17) is 0 Å². The van der Waals surface area contributed by atoms with Crippen LogP contribution in [0.5, 0.6) is 0 Å². The summed E-state index contributed by atoms with van der Waals surface area (Å²) < 4.78 is 2.12. The SMILES string of the molecule is CCCC1(C(=O)O)CCCN1Cc1cncn1C(C)C. The van der Waals surface area contributed by atoms with Crippen molar-refractivity contribution in [3.05, 3.63) is 18.2 Å². The molecule has 0 radical (unpaired) electrons. The number of nitrogens with zero attached hydrogens (tertiary/aromatic N) is 3. The van der Waals surface area contributed by atoms with Gasteiger partial charge in [0.2, 0.25) is 0 Å². The second-order valence-corrected chi connectivity index (χ2v) is 6.00. The van der Waals surface area contributed by atoms with Gasteiger partial charge in [-0.25, -0.2) is 4.98 Å². The Morgan fingerprint density at radius 3 is 2.90 bits per heavy atom. The summed E-state index contributed by atoms with van der Waals surface area (Å²) in [5.41, 5.74) is 0.421.